The second kappa shape index (κ2) is 6.02. The van der Waals surface area contributed by atoms with Crippen molar-refractivity contribution in [3.63, 3.8) is 0 Å². The summed E-state index contributed by atoms with van der Waals surface area (Å²) in [6.07, 6.45) is 5.08. The summed E-state index contributed by atoms with van der Waals surface area (Å²) in [7, 11) is 0. The van der Waals surface area contributed by atoms with Crippen LogP contribution in [0.15, 0.2) is 30.3 Å². The van der Waals surface area contributed by atoms with E-state index in [2.05, 4.69) is 35.6 Å². The molecule has 2 atom stereocenters. The SMILES string of the molecule is OCC1CCCCC1[NH2+]Cc1ccccc1. The Bertz CT molecular complexity index is 299. The minimum atomic E-state index is 0.357. The van der Waals surface area contributed by atoms with Crippen molar-refractivity contribution in [3.05, 3.63) is 35.9 Å². The van der Waals surface area contributed by atoms with Gasteiger partial charge in [-0.25, -0.2) is 0 Å². The third-order valence-electron chi connectivity index (χ3n) is 3.70. The summed E-state index contributed by atoms with van der Waals surface area (Å²) in [5.41, 5.74) is 1.38. The largest absolute Gasteiger partial charge is 0.396 e. The molecule has 0 saturated heterocycles. The normalized spacial score (nSPS) is 25.6. The van der Waals surface area contributed by atoms with E-state index < -0.39 is 0 Å². The second-order valence-corrected chi connectivity index (χ2v) is 4.82. The highest BCUT2D eigenvalue weighted by molar-refractivity contribution is 5.13. The fourth-order valence-electron chi connectivity index (χ4n) is 2.67. The number of aliphatic hydroxyl groups is 1. The Labute approximate surface area is 97.7 Å². The van der Waals surface area contributed by atoms with Gasteiger partial charge in [-0.05, 0) is 19.3 Å². The maximum absolute atomic E-state index is 9.34. The number of rotatable bonds is 4. The number of nitrogens with two attached hydrogens (primary N) is 1. The highest BCUT2D eigenvalue weighted by atomic mass is 16.3. The van der Waals surface area contributed by atoms with Gasteiger partial charge in [-0.2, -0.15) is 0 Å². The topological polar surface area (TPSA) is 36.8 Å². The van der Waals surface area contributed by atoms with E-state index in [1.165, 1.54) is 31.2 Å². The van der Waals surface area contributed by atoms with Crippen molar-refractivity contribution in [1.82, 2.24) is 0 Å². The molecule has 2 unspecified atom stereocenters. The Morgan fingerprint density at radius 1 is 1.12 bits per heavy atom. The molecule has 1 saturated carbocycles. The first kappa shape index (κ1) is 11.6. The van der Waals surface area contributed by atoms with Crippen molar-refractivity contribution in [2.24, 2.45) is 5.92 Å². The van der Waals surface area contributed by atoms with Crippen LogP contribution in [-0.2, 0) is 6.54 Å². The van der Waals surface area contributed by atoms with Crippen molar-refractivity contribution in [2.75, 3.05) is 6.61 Å². The van der Waals surface area contributed by atoms with Crippen molar-refractivity contribution in [3.8, 4) is 0 Å². The average Bonchev–Trinajstić information content (AvgIpc) is 2.38. The lowest BCUT2D eigenvalue weighted by atomic mass is 9.85. The number of benzene rings is 1. The lowest BCUT2D eigenvalue weighted by Gasteiger charge is -2.28. The minimum absolute atomic E-state index is 0.357. The first-order valence-corrected chi connectivity index (χ1v) is 6.38. The molecule has 2 rings (SSSR count). The molecule has 1 aromatic carbocycles. The standard InChI is InChI=1S/C14H21NO/c16-11-13-8-4-5-9-14(13)15-10-12-6-2-1-3-7-12/h1-3,6-7,13-16H,4-5,8-11H2/p+1. The molecule has 3 N–H and O–H groups in total. The number of hydrogen-bond donors (Lipinski definition) is 2. The van der Waals surface area contributed by atoms with Gasteiger partial charge < -0.3 is 10.4 Å². The summed E-state index contributed by atoms with van der Waals surface area (Å²) in [5.74, 6) is 0.512. The summed E-state index contributed by atoms with van der Waals surface area (Å²) in [6.45, 7) is 1.40. The Morgan fingerprint density at radius 3 is 2.62 bits per heavy atom. The van der Waals surface area contributed by atoms with E-state index in [1.54, 1.807) is 0 Å². The van der Waals surface area contributed by atoms with Gasteiger partial charge in [0.2, 0.25) is 0 Å². The molecular formula is C14H22NO+. The first-order chi connectivity index (χ1) is 7.90. The zero-order valence-corrected chi connectivity index (χ0v) is 9.81. The molecule has 1 aliphatic carbocycles. The molecule has 0 radical (unpaired) electrons. The average molecular weight is 220 g/mol. The zero-order valence-electron chi connectivity index (χ0n) is 9.81. The Morgan fingerprint density at radius 2 is 1.88 bits per heavy atom. The van der Waals surface area contributed by atoms with Gasteiger partial charge in [0.05, 0.1) is 12.6 Å². The molecule has 2 nitrogen and oxygen atoms in total. The molecule has 0 bridgehead atoms. The van der Waals surface area contributed by atoms with Crippen LogP contribution in [0.1, 0.15) is 31.2 Å². The molecule has 2 heteroatoms. The van der Waals surface area contributed by atoms with Crippen LogP contribution in [0.4, 0.5) is 0 Å². The monoisotopic (exact) mass is 220 g/mol. The van der Waals surface area contributed by atoms with Crippen molar-refractivity contribution < 1.29 is 10.4 Å². The van der Waals surface area contributed by atoms with E-state index in [1.807, 2.05) is 0 Å². The smallest absolute Gasteiger partial charge is 0.101 e. The van der Waals surface area contributed by atoms with Crippen molar-refractivity contribution >= 4 is 0 Å². The third kappa shape index (κ3) is 3.06. The van der Waals surface area contributed by atoms with Crippen LogP contribution < -0.4 is 5.32 Å². The van der Waals surface area contributed by atoms with E-state index in [-0.39, 0.29) is 0 Å². The highest BCUT2D eigenvalue weighted by Crippen LogP contribution is 2.21. The molecule has 88 valence electrons. The molecule has 1 fully saturated rings. The van der Waals surface area contributed by atoms with E-state index in [4.69, 9.17) is 0 Å². The molecule has 0 amide bonds. The van der Waals surface area contributed by atoms with Gasteiger partial charge in [0.25, 0.3) is 0 Å². The van der Waals surface area contributed by atoms with Gasteiger partial charge in [0, 0.05) is 11.5 Å². The zero-order chi connectivity index (χ0) is 11.2. The third-order valence-corrected chi connectivity index (χ3v) is 3.70. The van der Waals surface area contributed by atoms with E-state index in [9.17, 15) is 5.11 Å². The van der Waals surface area contributed by atoms with Gasteiger partial charge in [-0.3, -0.25) is 0 Å². The molecule has 0 spiro atoms. The molecule has 0 aromatic heterocycles. The predicted molar refractivity (Wildman–Crippen MR) is 64.9 cm³/mol. The van der Waals surface area contributed by atoms with Gasteiger partial charge in [-0.1, -0.05) is 36.8 Å². The van der Waals surface area contributed by atoms with Gasteiger partial charge in [0.15, 0.2) is 0 Å². The fourth-order valence-corrected chi connectivity index (χ4v) is 2.67. The quantitative estimate of drug-likeness (QED) is 0.788. The van der Waals surface area contributed by atoms with Crippen LogP contribution in [-0.4, -0.2) is 17.8 Å². The van der Waals surface area contributed by atoms with Crippen molar-refractivity contribution in [1.29, 1.82) is 0 Å². The van der Waals surface area contributed by atoms with Gasteiger partial charge >= 0.3 is 0 Å². The summed E-state index contributed by atoms with van der Waals surface area (Å²) < 4.78 is 0. The fraction of sp³-hybridized carbons (Fsp3) is 0.571. The highest BCUT2D eigenvalue weighted by Gasteiger charge is 2.26. The van der Waals surface area contributed by atoms with E-state index in [0.717, 1.165) is 6.54 Å². The molecule has 1 aliphatic rings. The van der Waals surface area contributed by atoms with Crippen LogP contribution in [0.25, 0.3) is 0 Å². The predicted octanol–water partition coefficient (Wildman–Crippen LogP) is 1.30. The summed E-state index contributed by atoms with van der Waals surface area (Å²) in [5, 5.41) is 11.8. The van der Waals surface area contributed by atoms with Crippen LogP contribution in [0, 0.1) is 5.92 Å². The van der Waals surface area contributed by atoms with Crippen LogP contribution in [0.3, 0.4) is 0 Å². The summed E-state index contributed by atoms with van der Waals surface area (Å²) >= 11 is 0. The second-order valence-electron chi connectivity index (χ2n) is 4.82. The summed E-state index contributed by atoms with van der Waals surface area (Å²) in [6, 6.07) is 11.2. The first-order valence-electron chi connectivity index (χ1n) is 6.38. The molecule has 0 heterocycles. The van der Waals surface area contributed by atoms with Crippen LogP contribution >= 0.6 is 0 Å². The number of quaternary nitrogens is 1. The van der Waals surface area contributed by atoms with E-state index in [0.29, 0.717) is 18.6 Å². The van der Waals surface area contributed by atoms with Gasteiger partial charge in [0.1, 0.15) is 6.54 Å². The number of hydrogen-bond acceptors (Lipinski definition) is 1. The molecule has 16 heavy (non-hydrogen) atoms. The maximum Gasteiger partial charge on any atom is 0.101 e. The Kier molecular flexibility index (Phi) is 4.37. The minimum Gasteiger partial charge on any atom is -0.396 e. The summed E-state index contributed by atoms with van der Waals surface area (Å²) in [4.78, 5) is 0. The van der Waals surface area contributed by atoms with E-state index >= 15 is 0 Å². The van der Waals surface area contributed by atoms with Crippen LogP contribution in [0.5, 0.6) is 0 Å². The molecular weight excluding hydrogens is 198 g/mol. The number of aliphatic hydroxyl groups excluding tert-OH is 1. The maximum atomic E-state index is 9.34. The Hall–Kier alpha value is -0.860. The molecule has 1 aromatic rings. The van der Waals surface area contributed by atoms with Crippen molar-refractivity contribution in [2.45, 2.75) is 38.3 Å². The Balaban J connectivity index is 1.84. The van der Waals surface area contributed by atoms with Crippen LogP contribution in [0.2, 0.25) is 0 Å². The lowest BCUT2D eigenvalue weighted by molar-refractivity contribution is -0.713. The van der Waals surface area contributed by atoms with Gasteiger partial charge in [-0.15, -0.1) is 0 Å². The lowest BCUT2D eigenvalue weighted by Crippen LogP contribution is -2.90. The molecule has 0 aliphatic heterocycles.